The van der Waals surface area contributed by atoms with Gasteiger partial charge in [-0.1, -0.05) is 19.1 Å². The van der Waals surface area contributed by atoms with Crippen LogP contribution in [0.2, 0.25) is 0 Å². The van der Waals surface area contributed by atoms with E-state index in [1.807, 2.05) is 18.2 Å². The lowest BCUT2D eigenvalue weighted by Gasteiger charge is -2.34. The Morgan fingerprint density at radius 2 is 2.11 bits per heavy atom. The lowest BCUT2D eigenvalue weighted by molar-refractivity contribution is 0.0169. The van der Waals surface area contributed by atoms with Gasteiger partial charge in [0.25, 0.3) is 5.91 Å². The van der Waals surface area contributed by atoms with Crippen molar-refractivity contribution in [3.8, 4) is 5.75 Å². The van der Waals surface area contributed by atoms with E-state index in [0.29, 0.717) is 18.7 Å². The minimum Gasteiger partial charge on any atom is -0.494 e. The molecule has 1 amide bonds. The molecule has 1 saturated heterocycles. The van der Waals surface area contributed by atoms with Crippen molar-refractivity contribution in [2.24, 2.45) is 0 Å². The molecule has 2 heterocycles. The predicted molar refractivity (Wildman–Crippen MR) is 111 cm³/mol. The van der Waals surface area contributed by atoms with Crippen molar-refractivity contribution in [2.45, 2.75) is 19.4 Å². The van der Waals surface area contributed by atoms with Crippen LogP contribution in [0.15, 0.2) is 41.8 Å². The summed E-state index contributed by atoms with van der Waals surface area (Å²) < 4.78 is 11.1. The number of carbonyl (C=O) groups is 1. The molecule has 1 aliphatic heterocycles. The fourth-order valence-electron chi connectivity index (χ4n) is 3.02. The van der Waals surface area contributed by atoms with Gasteiger partial charge in [0.15, 0.2) is 0 Å². The third-order valence-corrected chi connectivity index (χ3v) is 5.36. The van der Waals surface area contributed by atoms with Gasteiger partial charge < -0.3 is 14.8 Å². The standard InChI is InChI=1S/C20H26N2O3S.ClH/c1-2-10-25-17-6-3-5-16(14-17)20(23)21-15-18(19-7-4-13-26-19)22-8-11-24-12-9-22;/h3-7,13-14,18H,2,8-12,15H2,1H3,(H,21,23);1H. The first-order chi connectivity index (χ1) is 12.8. The van der Waals surface area contributed by atoms with Crippen LogP contribution in [0.1, 0.15) is 34.6 Å². The number of hydrogen-bond acceptors (Lipinski definition) is 5. The Morgan fingerprint density at radius 3 is 2.81 bits per heavy atom. The van der Waals surface area contributed by atoms with Crippen LogP contribution in [0.3, 0.4) is 0 Å². The molecule has 1 unspecified atom stereocenters. The summed E-state index contributed by atoms with van der Waals surface area (Å²) in [6, 6.07) is 11.7. The first-order valence-corrected chi connectivity index (χ1v) is 10.0. The van der Waals surface area contributed by atoms with Crippen molar-refractivity contribution in [2.75, 3.05) is 39.5 Å². The van der Waals surface area contributed by atoms with E-state index < -0.39 is 0 Å². The highest BCUT2D eigenvalue weighted by Gasteiger charge is 2.24. The average Bonchev–Trinajstić information content (AvgIpc) is 3.22. The van der Waals surface area contributed by atoms with E-state index in [9.17, 15) is 4.79 Å². The highest BCUT2D eigenvalue weighted by Crippen LogP contribution is 2.25. The molecule has 1 aromatic carbocycles. The zero-order chi connectivity index (χ0) is 18.2. The van der Waals surface area contributed by atoms with Gasteiger partial charge in [-0.2, -0.15) is 0 Å². The van der Waals surface area contributed by atoms with Gasteiger partial charge in [-0.3, -0.25) is 9.69 Å². The second-order valence-electron chi connectivity index (χ2n) is 6.27. The SMILES string of the molecule is CCCOc1cccc(C(=O)NCC(c2cccs2)N2CCOCC2)c1.Cl. The van der Waals surface area contributed by atoms with E-state index >= 15 is 0 Å². The summed E-state index contributed by atoms with van der Waals surface area (Å²) in [5.74, 6) is 0.671. The molecule has 5 nitrogen and oxygen atoms in total. The smallest absolute Gasteiger partial charge is 0.251 e. The lowest BCUT2D eigenvalue weighted by atomic mass is 10.1. The number of ether oxygens (including phenoxy) is 2. The Balaban J connectivity index is 0.00000261. The first-order valence-electron chi connectivity index (χ1n) is 9.14. The van der Waals surface area contributed by atoms with Gasteiger partial charge in [-0.15, -0.1) is 23.7 Å². The Bertz CT molecular complexity index is 690. The van der Waals surface area contributed by atoms with Crippen LogP contribution in [0, 0.1) is 0 Å². The van der Waals surface area contributed by atoms with Gasteiger partial charge in [0.1, 0.15) is 5.75 Å². The van der Waals surface area contributed by atoms with Gasteiger partial charge in [0.2, 0.25) is 0 Å². The molecule has 1 aliphatic rings. The number of rotatable bonds is 8. The lowest BCUT2D eigenvalue weighted by Crippen LogP contribution is -2.43. The molecule has 0 aliphatic carbocycles. The third-order valence-electron chi connectivity index (χ3n) is 4.38. The van der Waals surface area contributed by atoms with Crippen LogP contribution in [0.4, 0.5) is 0 Å². The molecular weight excluding hydrogens is 384 g/mol. The summed E-state index contributed by atoms with van der Waals surface area (Å²) in [4.78, 5) is 16.3. The van der Waals surface area contributed by atoms with Crippen molar-refractivity contribution in [3.63, 3.8) is 0 Å². The number of thiophene rings is 1. The Labute approximate surface area is 171 Å². The Morgan fingerprint density at radius 1 is 1.30 bits per heavy atom. The van der Waals surface area contributed by atoms with Crippen LogP contribution in [0.25, 0.3) is 0 Å². The van der Waals surface area contributed by atoms with Crippen LogP contribution in [-0.4, -0.2) is 50.3 Å². The van der Waals surface area contributed by atoms with Crippen LogP contribution in [0.5, 0.6) is 5.75 Å². The van der Waals surface area contributed by atoms with Crippen molar-refractivity contribution < 1.29 is 14.3 Å². The number of halogens is 1. The average molecular weight is 411 g/mol. The molecule has 1 fully saturated rings. The molecule has 0 spiro atoms. The quantitative estimate of drug-likeness (QED) is 0.719. The van der Waals surface area contributed by atoms with E-state index in [2.05, 4.69) is 34.7 Å². The van der Waals surface area contributed by atoms with Crippen molar-refractivity contribution in [1.29, 1.82) is 0 Å². The third kappa shape index (κ3) is 6.21. The highest BCUT2D eigenvalue weighted by molar-refractivity contribution is 7.10. The summed E-state index contributed by atoms with van der Waals surface area (Å²) in [7, 11) is 0. The normalized spacial score (nSPS) is 15.6. The summed E-state index contributed by atoms with van der Waals surface area (Å²) >= 11 is 1.73. The minimum atomic E-state index is -0.0678. The number of benzene rings is 1. The number of hydrogen-bond donors (Lipinski definition) is 1. The van der Waals surface area contributed by atoms with Gasteiger partial charge in [0, 0.05) is 30.1 Å². The van der Waals surface area contributed by atoms with Gasteiger partial charge >= 0.3 is 0 Å². The molecule has 27 heavy (non-hydrogen) atoms. The van der Waals surface area contributed by atoms with Gasteiger partial charge in [-0.05, 0) is 36.1 Å². The Kier molecular flexibility index (Phi) is 9.07. The maximum Gasteiger partial charge on any atom is 0.251 e. The van der Waals surface area contributed by atoms with Crippen LogP contribution < -0.4 is 10.1 Å². The maximum atomic E-state index is 12.6. The molecule has 1 N–H and O–H groups in total. The van der Waals surface area contributed by atoms with Gasteiger partial charge in [0.05, 0.1) is 25.9 Å². The van der Waals surface area contributed by atoms with E-state index in [1.54, 1.807) is 17.4 Å². The summed E-state index contributed by atoms with van der Waals surface area (Å²) in [5, 5.41) is 5.18. The zero-order valence-electron chi connectivity index (χ0n) is 15.6. The Hall–Kier alpha value is -1.60. The van der Waals surface area contributed by atoms with Crippen LogP contribution in [-0.2, 0) is 4.74 Å². The molecule has 0 bridgehead atoms. The molecule has 0 saturated carbocycles. The molecule has 1 atom stereocenters. The molecule has 148 valence electrons. The second-order valence-corrected chi connectivity index (χ2v) is 7.25. The zero-order valence-corrected chi connectivity index (χ0v) is 17.2. The van der Waals surface area contributed by atoms with Crippen molar-refractivity contribution >= 4 is 29.7 Å². The molecule has 7 heteroatoms. The molecule has 3 rings (SSSR count). The number of morpholine rings is 1. The number of amides is 1. The van der Waals surface area contributed by atoms with E-state index in [0.717, 1.165) is 38.5 Å². The van der Waals surface area contributed by atoms with E-state index in [1.165, 1.54) is 4.88 Å². The summed E-state index contributed by atoms with van der Waals surface area (Å²) in [5.41, 5.74) is 0.630. The second kappa shape index (κ2) is 11.3. The van der Waals surface area contributed by atoms with Crippen LogP contribution >= 0.6 is 23.7 Å². The summed E-state index contributed by atoms with van der Waals surface area (Å²) in [6.07, 6.45) is 0.943. The topological polar surface area (TPSA) is 50.8 Å². The number of carbonyl (C=O) groups excluding carboxylic acids is 1. The fourth-order valence-corrected chi connectivity index (χ4v) is 3.88. The number of nitrogens with zero attached hydrogens (tertiary/aromatic N) is 1. The minimum absolute atomic E-state index is 0. The molecular formula is C20H27ClN2O3S. The highest BCUT2D eigenvalue weighted by atomic mass is 35.5. The maximum absolute atomic E-state index is 12.6. The van der Waals surface area contributed by atoms with Crippen molar-refractivity contribution in [1.82, 2.24) is 10.2 Å². The molecule has 0 radical (unpaired) electrons. The largest absolute Gasteiger partial charge is 0.494 e. The molecule has 2 aromatic rings. The monoisotopic (exact) mass is 410 g/mol. The fraction of sp³-hybridized carbons (Fsp3) is 0.450. The molecule has 1 aromatic heterocycles. The number of nitrogens with one attached hydrogen (secondary N) is 1. The van der Waals surface area contributed by atoms with Gasteiger partial charge in [-0.25, -0.2) is 0 Å². The van der Waals surface area contributed by atoms with E-state index in [4.69, 9.17) is 9.47 Å². The van der Waals surface area contributed by atoms with E-state index in [-0.39, 0.29) is 24.4 Å². The van der Waals surface area contributed by atoms with Crippen molar-refractivity contribution in [3.05, 3.63) is 52.2 Å². The summed E-state index contributed by atoms with van der Waals surface area (Å²) in [6.45, 7) is 6.56. The first kappa shape index (κ1) is 21.7. The predicted octanol–water partition coefficient (Wildman–Crippen LogP) is 3.76.